The molecule has 0 aliphatic rings. The lowest BCUT2D eigenvalue weighted by Gasteiger charge is -2.14. The van der Waals surface area contributed by atoms with E-state index in [4.69, 9.17) is 4.74 Å². The SMILES string of the molecule is COc1ccc(Cn2c(O)c(C=NCc3cccnc3)c3ccccc3c2=O)cc1. The van der Waals surface area contributed by atoms with Crippen LogP contribution in [0.2, 0.25) is 0 Å². The Morgan fingerprint density at radius 3 is 2.50 bits per heavy atom. The summed E-state index contributed by atoms with van der Waals surface area (Å²) < 4.78 is 6.56. The standard InChI is InChI=1S/C24H21N3O3/c1-30-19-10-8-17(9-11-19)16-27-23(28)21-7-3-2-6-20(21)22(24(27)29)15-26-14-18-5-4-12-25-13-18/h2-13,15,29H,14,16H2,1H3. The van der Waals surface area contributed by atoms with Gasteiger partial charge in [-0.3, -0.25) is 19.3 Å². The first kappa shape index (κ1) is 19.4. The van der Waals surface area contributed by atoms with Gasteiger partial charge in [0.15, 0.2) is 0 Å². The number of benzene rings is 2. The van der Waals surface area contributed by atoms with Crippen molar-refractivity contribution < 1.29 is 9.84 Å². The van der Waals surface area contributed by atoms with Crippen LogP contribution in [0.25, 0.3) is 10.8 Å². The molecule has 0 aliphatic carbocycles. The first-order chi connectivity index (χ1) is 14.7. The molecule has 0 unspecified atom stereocenters. The molecule has 0 saturated heterocycles. The Labute approximate surface area is 173 Å². The maximum Gasteiger partial charge on any atom is 0.261 e. The van der Waals surface area contributed by atoms with Gasteiger partial charge in [-0.15, -0.1) is 0 Å². The van der Waals surface area contributed by atoms with E-state index in [0.717, 1.165) is 16.9 Å². The van der Waals surface area contributed by atoms with Crippen LogP contribution in [0.1, 0.15) is 16.7 Å². The van der Waals surface area contributed by atoms with Crippen molar-refractivity contribution in [3.63, 3.8) is 0 Å². The molecule has 0 saturated carbocycles. The highest BCUT2D eigenvalue weighted by Crippen LogP contribution is 2.24. The average Bonchev–Trinajstić information content (AvgIpc) is 2.80. The van der Waals surface area contributed by atoms with Crippen molar-refractivity contribution >= 4 is 17.0 Å². The molecule has 6 heteroatoms. The lowest BCUT2D eigenvalue weighted by Crippen LogP contribution is -2.22. The number of methoxy groups -OCH3 is 1. The fourth-order valence-corrected chi connectivity index (χ4v) is 3.33. The minimum absolute atomic E-state index is 0.107. The van der Waals surface area contributed by atoms with E-state index in [2.05, 4.69) is 9.98 Å². The van der Waals surface area contributed by atoms with Crippen LogP contribution in [0.5, 0.6) is 11.6 Å². The smallest absolute Gasteiger partial charge is 0.261 e. The molecule has 0 fully saturated rings. The number of nitrogens with zero attached hydrogens (tertiary/aromatic N) is 3. The van der Waals surface area contributed by atoms with Crippen LogP contribution in [0.3, 0.4) is 0 Å². The van der Waals surface area contributed by atoms with E-state index in [9.17, 15) is 9.90 Å². The highest BCUT2D eigenvalue weighted by molar-refractivity contribution is 6.01. The number of aliphatic imine (C=N–C) groups is 1. The molecule has 4 rings (SSSR count). The number of aromatic nitrogens is 2. The molecular weight excluding hydrogens is 378 g/mol. The van der Waals surface area contributed by atoms with E-state index < -0.39 is 0 Å². The number of ether oxygens (including phenoxy) is 1. The van der Waals surface area contributed by atoms with Crippen LogP contribution in [-0.4, -0.2) is 28.0 Å². The van der Waals surface area contributed by atoms with Gasteiger partial charge in [0.05, 0.1) is 25.8 Å². The Morgan fingerprint density at radius 2 is 1.80 bits per heavy atom. The largest absolute Gasteiger partial charge is 0.497 e. The number of fused-ring (bicyclic) bond motifs is 1. The van der Waals surface area contributed by atoms with Gasteiger partial charge in [0.1, 0.15) is 5.75 Å². The monoisotopic (exact) mass is 399 g/mol. The zero-order valence-corrected chi connectivity index (χ0v) is 16.5. The van der Waals surface area contributed by atoms with E-state index >= 15 is 0 Å². The zero-order valence-electron chi connectivity index (χ0n) is 16.5. The topological polar surface area (TPSA) is 76.7 Å². The number of hydrogen-bond acceptors (Lipinski definition) is 5. The first-order valence-corrected chi connectivity index (χ1v) is 9.53. The van der Waals surface area contributed by atoms with E-state index in [1.54, 1.807) is 31.8 Å². The molecule has 0 spiro atoms. The molecule has 2 heterocycles. The van der Waals surface area contributed by atoms with Gasteiger partial charge < -0.3 is 9.84 Å². The summed E-state index contributed by atoms with van der Waals surface area (Å²) in [4.78, 5) is 21.6. The third kappa shape index (κ3) is 3.93. The Balaban J connectivity index is 1.76. The summed E-state index contributed by atoms with van der Waals surface area (Å²) in [6.07, 6.45) is 5.08. The maximum atomic E-state index is 13.0. The number of rotatable bonds is 6. The molecule has 2 aromatic heterocycles. The molecule has 1 N–H and O–H groups in total. The van der Waals surface area contributed by atoms with Gasteiger partial charge in [0.2, 0.25) is 5.88 Å². The van der Waals surface area contributed by atoms with Gasteiger partial charge in [0, 0.05) is 29.4 Å². The minimum Gasteiger partial charge on any atom is -0.497 e. The lowest BCUT2D eigenvalue weighted by molar-refractivity contribution is 0.412. The van der Waals surface area contributed by atoms with Crippen molar-refractivity contribution in [3.8, 4) is 11.6 Å². The first-order valence-electron chi connectivity index (χ1n) is 9.53. The van der Waals surface area contributed by atoms with E-state index in [1.165, 1.54) is 4.57 Å². The number of aromatic hydroxyl groups is 1. The van der Waals surface area contributed by atoms with E-state index in [0.29, 0.717) is 22.9 Å². The van der Waals surface area contributed by atoms with E-state index in [-0.39, 0.29) is 18.0 Å². The van der Waals surface area contributed by atoms with Crippen molar-refractivity contribution in [3.05, 3.63) is 100 Å². The highest BCUT2D eigenvalue weighted by atomic mass is 16.5. The van der Waals surface area contributed by atoms with Crippen molar-refractivity contribution in [1.29, 1.82) is 0 Å². The Bertz CT molecular complexity index is 1250. The summed E-state index contributed by atoms with van der Waals surface area (Å²) in [5, 5.41) is 12.2. The van der Waals surface area contributed by atoms with Crippen molar-refractivity contribution in [2.24, 2.45) is 4.99 Å². The molecule has 0 radical (unpaired) electrons. The number of hydrogen-bond donors (Lipinski definition) is 1. The summed E-state index contributed by atoms with van der Waals surface area (Å²) >= 11 is 0. The van der Waals surface area contributed by atoms with Gasteiger partial charge >= 0.3 is 0 Å². The summed E-state index contributed by atoms with van der Waals surface area (Å²) in [6, 6.07) is 18.4. The summed E-state index contributed by atoms with van der Waals surface area (Å²) in [6.45, 7) is 0.669. The minimum atomic E-state index is -0.247. The van der Waals surface area contributed by atoms with Crippen LogP contribution in [0.4, 0.5) is 0 Å². The zero-order chi connectivity index (χ0) is 20.9. The second-order valence-corrected chi connectivity index (χ2v) is 6.85. The molecule has 0 amide bonds. The van der Waals surface area contributed by atoms with Gasteiger partial charge in [0.25, 0.3) is 5.56 Å². The summed E-state index contributed by atoms with van der Waals surface area (Å²) in [5.41, 5.74) is 2.11. The molecule has 30 heavy (non-hydrogen) atoms. The Morgan fingerprint density at radius 1 is 1.03 bits per heavy atom. The van der Waals surface area contributed by atoms with Crippen LogP contribution >= 0.6 is 0 Å². The molecule has 0 atom stereocenters. The van der Waals surface area contributed by atoms with E-state index in [1.807, 2.05) is 54.6 Å². The molecule has 0 aliphatic heterocycles. The highest BCUT2D eigenvalue weighted by Gasteiger charge is 2.15. The molecule has 0 bridgehead atoms. The maximum absolute atomic E-state index is 13.0. The van der Waals surface area contributed by atoms with Gasteiger partial charge in [-0.25, -0.2) is 0 Å². The molecule has 150 valence electrons. The molecular formula is C24H21N3O3. The third-order valence-corrected chi connectivity index (χ3v) is 4.91. The molecule has 2 aromatic carbocycles. The summed E-state index contributed by atoms with van der Waals surface area (Å²) in [7, 11) is 1.60. The predicted octanol–water partition coefficient (Wildman–Crippen LogP) is 3.78. The van der Waals surface area contributed by atoms with Gasteiger partial charge in [-0.2, -0.15) is 0 Å². The Hall–Kier alpha value is -3.93. The van der Waals surface area contributed by atoms with Crippen LogP contribution in [-0.2, 0) is 13.1 Å². The second kappa shape index (κ2) is 8.61. The van der Waals surface area contributed by atoms with Crippen molar-refractivity contribution in [2.75, 3.05) is 7.11 Å². The van der Waals surface area contributed by atoms with Gasteiger partial charge in [-0.05, 0) is 35.4 Å². The normalized spacial score (nSPS) is 11.2. The lowest BCUT2D eigenvalue weighted by atomic mass is 10.1. The average molecular weight is 399 g/mol. The van der Waals surface area contributed by atoms with Gasteiger partial charge in [-0.1, -0.05) is 36.4 Å². The van der Waals surface area contributed by atoms with Crippen molar-refractivity contribution in [1.82, 2.24) is 9.55 Å². The van der Waals surface area contributed by atoms with Crippen LogP contribution in [0.15, 0.2) is 82.8 Å². The Kier molecular flexibility index (Phi) is 5.57. The fraction of sp³-hybridized carbons (Fsp3) is 0.125. The fourth-order valence-electron chi connectivity index (χ4n) is 3.33. The molecule has 4 aromatic rings. The third-order valence-electron chi connectivity index (χ3n) is 4.91. The van der Waals surface area contributed by atoms with Crippen LogP contribution in [0, 0.1) is 0 Å². The van der Waals surface area contributed by atoms with Crippen molar-refractivity contribution in [2.45, 2.75) is 13.1 Å². The number of pyridine rings is 2. The molecule has 6 nitrogen and oxygen atoms in total. The predicted molar refractivity (Wildman–Crippen MR) is 118 cm³/mol. The quantitative estimate of drug-likeness (QED) is 0.501. The van der Waals surface area contributed by atoms with Crippen LogP contribution < -0.4 is 10.3 Å². The second-order valence-electron chi connectivity index (χ2n) is 6.85. The summed E-state index contributed by atoms with van der Waals surface area (Å²) in [5.74, 6) is 0.626.